The van der Waals surface area contributed by atoms with Crippen molar-refractivity contribution in [1.29, 1.82) is 0 Å². The highest BCUT2D eigenvalue weighted by Gasteiger charge is 2.11. The molecule has 0 fully saturated rings. The summed E-state index contributed by atoms with van der Waals surface area (Å²) in [7, 11) is 1.56. The fourth-order valence-corrected chi connectivity index (χ4v) is 2.88. The van der Waals surface area contributed by atoms with Gasteiger partial charge in [-0.1, -0.05) is 29.3 Å². The van der Waals surface area contributed by atoms with E-state index >= 15 is 0 Å². The summed E-state index contributed by atoms with van der Waals surface area (Å²) in [5.74, 6) is 1.12. The van der Waals surface area contributed by atoms with Crippen molar-refractivity contribution in [3.05, 3.63) is 58.1 Å². The molecule has 0 radical (unpaired) electrons. The lowest BCUT2D eigenvalue weighted by molar-refractivity contribution is 0.203. The summed E-state index contributed by atoms with van der Waals surface area (Å²) in [6.07, 6.45) is -0.582. The number of aliphatic hydroxyl groups is 1. The van der Waals surface area contributed by atoms with Gasteiger partial charge in [-0.25, -0.2) is 0 Å². The summed E-state index contributed by atoms with van der Waals surface area (Å²) >= 11 is 13.4. The van der Waals surface area contributed by atoms with Gasteiger partial charge in [0.1, 0.15) is 5.75 Å². The smallest absolute Gasteiger partial charge is 0.137 e. The molecule has 0 bridgehead atoms. The van der Waals surface area contributed by atoms with E-state index < -0.39 is 6.10 Å². The molecule has 0 spiro atoms. The van der Waals surface area contributed by atoms with E-state index in [0.717, 1.165) is 10.5 Å². The first-order valence-electron chi connectivity index (χ1n) is 6.00. The van der Waals surface area contributed by atoms with Gasteiger partial charge in [-0.3, -0.25) is 0 Å². The lowest BCUT2D eigenvalue weighted by Gasteiger charge is -2.12. The molecule has 0 aliphatic carbocycles. The maximum atomic E-state index is 10.2. The molecule has 106 valence electrons. The number of benzene rings is 2. The lowest BCUT2D eigenvalue weighted by Crippen LogP contribution is -2.01. The standard InChI is InChI=1S/C15H14Cl2O2S/c1-19-15-8-10(2-7-13(15)17)14(18)9-20-12-5-3-11(16)4-6-12/h2-8,14,18H,9H2,1H3. The molecule has 5 heteroatoms. The summed E-state index contributed by atoms with van der Waals surface area (Å²) in [5.41, 5.74) is 0.785. The van der Waals surface area contributed by atoms with E-state index in [1.54, 1.807) is 37.1 Å². The summed E-state index contributed by atoms with van der Waals surface area (Å²) < 4.78 is 5.15. The first-order valence-corrected chi connectivity index (χ1v) is 7.74. The normalized spacial score (nSPS) is 12.2. The van der Waals surface area contributed by atoms with Crippen molar-refractivity contribution >= 4 is 35.0 Å². The quantitative estimate of drug-likeness (QED) is 0.797. The van der Waals surface area contributed by atoms with Crippen LogP contribution in [0.4, 0.5) is 0 Å². The van der Waals surface area contributed by atoms with E-state index in [0.29, 0.717) is 21.5 Å². The number of methoxy groups -OCH3 is 1. The number of hydrogen-bond acceptors (Lipinski definition) is 3. The minimum absolute atomic E-state index is 0.536. The molecule has 0 saturated heterocycles. The number of aliphatic hydroxyl groups excluding tert-OH is 1. The van der Waals surface area contributed by atoms with Crippen molar-refractivity contribution in [3.8, 4) is 5.75 Å². The Morgan fingerprint density at radius 1 is 1.15 bits per heavy atom. The molecule has 20 heavy (non-hydrogen) atoms. The van der Waals surface area contributed by atoms with E-state index in [1.807, 2.05) is 24.3 Å². The van der Waals surface area contributed by atoms with Crippen LogP contribution in [0.15, 0.2) is 47.4 Å². The highest BCUT2D eigenvalue weighted by molar-refractivity contribution is 7.99. The number of rotatable bonds is 5. The van der Waals surface area contributed by atoms with Crippen LogP contribution in [0, 0.1) is 0 Å². The van der Waals surface area contributed by atoms with Gasteiger partial charge >= 0.3 is 0 Å². The Morgan fingerprint density at radius 2 is 1.85 bits per heavy atom. The average Bonchev–Trinajstić information content (AvgIpc) is 2.47. The molecule has 2 rings (SSSR count). The first-order chi connectivity index (χ1) is 9.60. The zero-order valence-electron chi connectivity index (χ0n) is 10.8. The van der Waals surface area contributed by atoms with Crippen molar-refractivity contribution in [3.63, 3.8) is 0 Å². The van der Waals surface area contributed by atoms with Crippen LogP contribution in [-0.2, 0) is 0 Å². The van der Waals surface area contributed by atoms with Gasteiger partial charge in [-0.15, -0.1) is 11.8 Å². The van der Waals surface area contributed by atoms with Crippen molar-refractivity contribution < 1.29 is 9.84 Å². The van der Waals surface area contributed by atoms with Crippen LogP contribution in [0.5, 0.6) is 5.75 Å². The lowest BCUT2D eigenvalue weighted by atomic mass is 10.1. The summed E-state index contributed by atoms with van der Waals surface area (Å²) in [4.78, 5) is 1.06. The van der Waals surface area contributed by atoms with E-state index in [1.165, 1.54) is 0 Å². The van der Waals surface area contributed by atoms with Crippen LogP contribution < -0.4 is 4.74 Å². The van der Waals surface area contributed by atoms with Crippen LogP contribution in [0.25, 0.3) is 0 Å². The molecule has 0 aliphatic rings. The van der Waals surface area contributed by atoms with E-state index in [9.17, 15) is 5.11 Å². The molecular weight excluding hydrogens is 315 g/mol. The Labute approximate surface area is 132 Å². The number of ether oxygens (including phenoxy) is 1. The highest BCUT2D eigenvalue weighted by atomic mass is 35.5. The maximum Gasteiger partial charge on any atom is 0.137 e. The van der Waals surface area contributed by atoms with Crippen molar-refractivity contribution in [2.24, 2.45) is 0 Å². The van der Waals surface area contributed by atoms with Gasteiger partial charge in [0, 0.05) is 15.7 Å². The second-order valence-electron chi connectivity index (χ2n) is 4.17. The molecule has 0 aromatic heterocycles. The third-order valence-electron chi connectivity index (χ3n) is 2.78. The zero-order chi connectivity index (χ0) is 14.5. The molecule has 0 saturated carbocycles. The monoisotopic (exact) mass is 328 g/mol. The van der Waals surface area contributed by atoms with Crippen molar-refractivity contribution in [2.45, 2.75) is 11.0 Å². The zero-order valence-corrected chi connectivity index (χ0v) is 13.2. The molecular formula is C15H14Cl2O2S. The molecule has 2 aromatic carbocycles. The molecule has 0 aliphatic heterocycles. The topological polar surface area (TPSA) is 29.5 Å². The average molecular weight is 329 g/mol. The van der Waals surface area contributed by atoms with Gasteiger partial charge in [-0.05, 0) is 42.0 Å². The Balaban J connectivity index is 2.01. The van der Waals surface area contributed by atoms with Gasteiger partial charge in [-0.2, -0.15) is 0 Å². The molecule has 1 unspecified atom stereocenters. The third kappa shape index (κ3) is 4.06. The molecule has 0 amide bonds. The Bertz CT molecular complexity index is 573. The SMILES string of the molecule is COc1cc(C(O)CSc2ccc(Cl)cc2)ccc1Cl. The molecule has 1 N–H and O–H groups in total. The van der Waals surface area contributed by atoms with Gasteiger partial charge < -0.3 is 9.84 Å². The Kier molecular flexibility index (Phi) is 5.61. The first kappa shape index (κ1) is 15.5. The Hall–Kier alpha value is -0.870. The number of hydrogen-bond donors (Lipinski definition) is 1. The Morgan fingerprint density at radius 3 is 2.50 bits per heavy atom. The third-order valence-corrected chi connectivity index (χ3v) is 4.43. The van der Waals surface area contributed by atoms with Crippen LogP contribution in [0.1, 0.15) is 11.7 Å². The van der Waals surface area contributed by atoms with Crippen LogP contribution in [-0.4, -0.2) is 18.0 Å². The van der Waals surface area contributed by atoms with Crippen LogP contribution >= 0.6 is 35.0 Å². The van der Waals surface area contributed by atoms with E-state index in [4.69, 9.17) is 27.9 Å². The molecule has 0 heterocycles. The fraction of sp³-hybridized carbons (Fsp3) is 0.200. The van der Waals surface area contributed by atoms with Gasteiger partial charge in [0.25, 0.3) is 0 Å². The predicted molar refractivity (Wildman–Crippen MR) is 85.1 cm³/mol. The van der Waals surface area contributed by atoms with Gasteiger partial charge in [0.15, 0.2) is 0 Å². The number of thioether (sulfide) groups is 1. The van der Waals surface area contributed by atoms with Gasteiger partial charge in [0.2, 0.25) is 0 Å². The van der Waals surface area contributed by atoms with Crippen molar-refractivity contribution in [2.75, 3.05) is 12.9 Å². The summed E-state index contributed by atoms with van der Waals surface area (Å²) in [6, 6.07) is 12.8. The minimum atomic E-state index is -0.582. The summed E-state index contributed by atoms with van der Waals surface area (Å²) in [6.45, 7) is 0. The van der Waals surface area contributed by atoms with Crippen molar-refractivity contribution in [1.82, 2.24) is 0 Å². The van der Waals surface area contributed by atoms with E-state index in [2.05, 4.69) is 0 Å². The highest BCUT2D eigenvalue weighted by Crippen LogP contribution is 2.30. The minimum Gasteiger partial charge on any atom is -0.495 e. The van der Waals surface area contributed by atoms with Crippen LogP contribution in [0.3, 0.4) is 0 Å². The second-order valence-corrected chi connectivity index (χ2v) is 6.11. The number of halogens is 2. The predicted octanol–water partition coefficient (Wildman–Crippen LogP) is 4.83. The maximum absolute atomic E-state index is 10.2. The second kappa shape index (κ2) is 7.23. The summed E-state index contributed by atoms with van der Waals surface area (Å²) in [5, 5.41) is 11.4. The van der Waals surface area contributed by atoms with Crippen LogP contribution in [0.2, 0.25) is 10.0 Å². The largest absolute Gasteiger partial charge is 0.495 e. The van der Waals surface area contributed by atoms with Gasteiger partial charge in [0.05, 0.1) is 18.2 Å². The molecule has 2 aromatic rings. The fourth-order valence-electron chi connectivity index (χ4n) is 1.69. The molecule has 1 atom stereocenters. The van der Waals surface area contributed by atoms with E-state index in [-0.39, 0.29) is 0 Å². The molecule has 2 nitrogen and oxygen atoms in total.